The van der Waals surface area contributed by atoms with E-state index in [1.54, 1.807) is 0 Å². The van der Waals surface area contributed by atoms with Crippen molar-refractivity contribution in [2.75, 3.05) is 13.1 Å². The van der Waals surface area contributed by atoms with Crippen molar-refractivity contribution in [3.8, 4) is 0 Å². The summed E-state index contributed by atoms with van der Waals surface area (Å²) in [7, 11) is 0. The lowest BCUT2D eigenvalue weighted by molar-refractivity contribution is -0.156. The van der Waals surface area contributed by atoms with Crippen LogP contribution < -0.4 is 0 Å². The maximum Gasteiger partial charge on any atom is 0.320 e. The van der Waals surface area contributed by atoms with Crippen LogP contribution in [0.2, 0.25) is 0 Å². The molecule has 3 heteroatoms. The number of carbonyl (C=O) groups excluding carboxylic acids is 1. The first kappa shape index (κ1) is 11.5. The van der Waals surface area contributed by atoms with Crippen LogP contribution in [-0.2, 0) is 9.53 Å². The molecular weight excluding hydrogens is 178 g/mol. The Hall–Kier alpha value is -0.570. The molecule has 1 aliphatic rings. The molecule has 1 heterocycles. The highest BCUT2D eigenvalue weighted by Gasteiger charge is 2.25. The van der Waals surface area contributed by atoms with E-state index >= 15 is 0 Å². The van der Waals surface area contributed by atoms with Gasteiger partial charge in [-0.1, -0.05) is 0 Å². The van der Waals surface area contributed by atoms with Gasteiger partial charge in [0.1, 0.15) is 5.60 Å². The monoisotopic (exact) mass is 198 g/mol. The molecule has 0 aromatic rings. The Kier molecular flexibility index (Phi) is 3.53. The Bertz CT molecular complexity index is 208. The molecule has 0 N–H and O–H groups in total. The van der Waals surface area contributed by atoms with Gasteiger partial charge in [-0.05, 0) is 47.1 Å². The van der Waals surface area contributed by atoms with Gasteiger partial charge in [0.2, 0.25) is 0 Å². The molecule has 1 unspecified atom stereocenters. The number of hydrogen-bond donors (Lipinski definition) is 0. The molecule has 0 bridgehead atoms. The minimum absolute atomic E-state index is 0.145. The van der Waals surface area contributed by atoms with E-state index in [2.05, 4.69) is 11.8 Å². The van der Waals surface area contributed by atoms with E-state index in [1.165, 1.54) is 0 Å². The van der Waals surface area contributed by atoms with Crippen molar-refractivity contribution in [1.82, 2.24) is 4.90 Å². The topological polar surface area (TPSA) is 29.5 Å². The Morgan fingerprint density at radius 3 is 2.64 bits per heavy atom. The van der Waals surface area contributed by atoms with Crippen molar-refractivity contribution in [2.45, 2.75) is 45.3 Å². The molecule has 0 aromatic heterocycles. The van der Waals surface area contributed by atoms with E-state index in [1.807, 2.05) is 20.8 Å². The zero-order valence-electron chi connectivity index (χ0n) is 9.38. The van der Waals surface area contributed by atoms with E-state index in [0.717, 1.165) is 19.4 Å². The van der Waals surface area contributed by atoms with Gasteiger partial charge in [0, 0.05) is 6.04 Å². The molecule has 81 valence electrons. The van der Waals surface area contributed by atoms with E-state index in [4.69, 9.17) is 4.74 Å². The van der Waals surface area contributed by atoms with E-state index < -0.39 is 0 Å². The molecular formula is C11H20NO2. The number of hydrogen-bond acceptors (Lipinski definition) is 3. The van der Waals surface area contributed by atoms with Crippen LogP contribution >= 0.6 is 0 Å². The van der Waals surface area contributed by atoms with Crippen LogP contribution in [0.25, 0.3) is 0 Å². The SMILES string of the molecule is [CH2]C1CCCN1CC(=O)OC(C)(C)C. The van der Waals surface area contributed by atoms with Crippen LogP contribution in [0, 0.1) is 6.92 Å². The average Bonchev–Trinajstić information content (AvgIpc) is 2.32. The van der Waals surface area contributed by atoms with E-state index in [-0.39, 0.29) is 17.6 Å². The lowest BCUT2D eigenvalue weighted by Gasteiger charge is -2.24. The predicted octanol–water partition coefficient (Wildman–Crippen LogP) is 1.63. The molecule has 1 saturated heterocycles. The van der Waals surface area contributed by atoms with Crippen LogP contribution in [0.4, 0.5) is 0 Å². The fourth-order valence-electron chi connectivity index (χ4n) is 1.64. The molecule has 0 aromatic carbocycles. The quantitative estimate of drug-likeness (QED) is 0.632. The Morgan fingerprint density at radius 2 is 2.21 bits per heavy atom. The normalized spacial score (nSPS) is 23.9. The van der Waals surface area contributed by atoms with Crippen molar-refractivity contribution >= 4 is 5.97 Å². The van der Waals surface area contributed by atoms with Gasteiger partial charge < -0.3 is 4.74 Å². The summed E-state index contributed by atoms with van der Waals surface area (Å²) in [5, 5.41) is 0. The summed E-state index contributed by atoms with van der Waals surface area (Å²) in [5.74, 6) is -0.145. The molecule has 0 amide bonds. The lowest BCUT2D eigenvalue weighted by atomic mass is 10.2. The van der Waals surface area contributed by atoms with Crippen molar-refractivity contribution in [1.29, 1.82) is 0 Å². The number of ether oxygens (including phenoxy) is 1. The van der Waals surface area contributed by atoms with Crippen LogP contribution in [0.15, 0.2) is 0 Å². The maximum absolute atomic E-state index is 11.5. The number of esters is 1. The third-order valence-electron chi connectivity index (χ3n) is 2.25. The number of carbonyl (C=O) groups is 1. The molecule has 1 atom stereocenters. The van der Waals surface area contributed by atoms with Crippen LogP contribution in [0.5, 0.6) is 0 Å². The lowest BCUT2D eigenvalue weighted by Crippen LogP contribution is -2.36. The number of likely N-dealkylation sites (tertiary alicyclic amines) is 1. The van der Waals surface area contributed by atoms with Gasteiger partial charge in [-0.2, -0.15) is 0 Å². The fourth-order valence-corrected chi connectivity index (χ4v) is 1.64. The Labute approximate surface area is 86.4 Å². The largest absolute Gasteiger partial charge is 0.459 e. The molecule has 0 saturated carbocycles. The summed E-state index contributed by atoms with van der Waals surface area (Å²) in [6, 6.07) is 0.280. The highest BCUT2D eigenvalue weighted by Crippen LogP contribution is 2.16. The average molecular weight is 198 g/mol. The molecule has 1 rings (SSSR count). The van der Waals surface area contributed by atoms with Gasteiger partial charge in [0.15, 0.2) is 0 Å². The van der Waals surface area contributed by atoms with Gasteiger partial charge in [-0.3, -0.25) is 9.69 Å². The van der Waals surface area contributed by atoms with Gasteiger partial charge in [0.05, 0.1) is 6.54 Å². The van der Waals surface area contributed by atoms with Gasteiger partial charge in [0.25, 0.3) is 0 Å². The molecule has 1 radical (unpaired) electrons. The Morgan fingerprint density at radius 1 is 1.57 bits per heavy atom. The van der Waals surface area contributed by atoms with Crippen LogP contribution in [-0.4, -0.2) is 35.6 Å². The van der Waals surface area contributed by atoms with Crippen LogP contribution in [0.1, 0.15) is 33.6 Å². The minimum atomic E-state index is -0.381. The van der Waals surface area contributed by atoms with Crippen molar-refractivity contribution in [3.63, 3.8) is 0 Å². The molecule has 1 fully saturated rings. The summed E-state index contributed by atoms with van der Waals surface area (Å²) in [6.45, 7) is 11.0. The zero-order chi connectivity index (χ0) is 10.8. The third-order valence-corrected chi connectivity index (χ3v) is 2.25. The van der Waals surface area contributed by atoms with E-state index in [0.29, 0.717) is 6.54 Å². The fraction of sp³-hybridized carbons (Fsp3) is 0.818. The maximum atomic E-state index is 11.5. The second-order valence-corrected chi connectivity index (χ2v) is 4.85. The summed E-state index contributed by atoms with van der Waals surface area (Å²) >= 11 is 0. The Balaban J connectivity index is 2.33. The first-order valence-corrected chi connectivity index (χ1v) is 5.17. The molecule has 0 aliphatic carbocycles. The first-order valence-electron chi connectivity index (χ1n) is 5.17. The van der Waals surface area contributed by atoms with E-state index in [9.17, 15) is 4.79 Å². The summed E-state index contributed by atoms with van der Waals surface area (Å²) < 4.78 is 5.24. The molecule has 3 nitrogen and oxygen atoms in total. The van der Waals surface area contributed by atoms with Crippen molar-refractivity contribution in [3.05, 3.63) is 6.92 Å². The second-order valence-electron chi connectivity index (χ2n) is 4.85. The van der Waals surface area contributed by atoms with Gasteiger partial charge in [-0.15, -0.1) is 0 Å². The van der Waals surface area contributed by atoms with Crippen molar-refractivity contribution < 1.29 is 9.53 Å². The first-order chi connectivity index (χ1) is 6.38. The standard InChI is InChI=1S/C11H20NO2/c1-9-6-5-7-12(9)8-10(13)14-11(2,3)4/h9H,1,5-8H2,2-4H3. The zero-order valence-corrected chi connectivity index (χ0v) is 9.38. The summed E-state index contributed by atoms with van der Waals surface area (Å²) in [4.78, 5) is 13.5. The summed E-state index contributed by atoms with van der Waals surface area (Å²) in [5.41, 5.74) is -0.381. The minimum Gasteiger partial charge on any atom is -0.459 e. The molecule has 0 spiro atoms. The smallest absolute Gasteiger partial charge is 0.320 e. The number of nitrogens with zero attached hydrogens (tertiary/aromatic N) is 1. The van der Waals surface area contributed by atoms with Gasteiger partial charge >= 0.3 is 5.97 Å². The summed E-state index contributed by atoms with van der Waals surface area (Å²) in [6.07, 6.45) is 2.22. The molecule has 1 aliphatic heterocycles. The number of rotatable bonds is 2. The predicted molar refractivity (Wildman–Crippen MR) is 55.8 cm³/mol. The third kappa shape index (κ3) is 3.66. The van der Waals surface area contributed by atoms with Gasteiger partial charge in [-0.25, -0.2) is 0 Å². The highest BCUT2D eigenvalue weighted by atomic mass is 16.6. The molecule has 14 heavy (non-hydrogen) atoms. The highest BCUT2D eigenvalue weighted by molar-refractivity contribution is 5.72. The van der Waals surface area contributed by atoms with Crippen LogP contribution in [0.3, 0.4) is 0 Å². The van der Waals surface area contributed by atoms with Crippen molar-refractivity contribution in [2.24, 2.45) is 0 Å². The second kappa shape index (κ2) is 4.30.